The van der Waals surface area contributed by atoms with E-state index >= 15 is 0 Å². The van der Waals surface area contributed by atoms with Crippen LogP contribution in [-0.2, 0) is 0 Å². The fraction of sp³-hybridized carbons (Fsp3) is 0.150. The summed E-state index contributed by atoms with van der Waals surface area (Å²) in [5, 5.41) is 5.84. The number of hydrogen-bond acceptors (Lipinski definition) is 3. The first-order valence-electron chi connectivity index (χ1n) is 8.38. The van der Waals surface area contributed by atoms with Gasteiger partial charge < -0.3 is 4.42 Å². The van der Waals surface area contributed by atoms with E-state index in [1.165, 1.54) is 23.2 Å². The third kappa shape index (κ3) is 3.16. The smallest absolute Gasteiger partial charge is 0.193 e. The van der Waals surface area contributed by atoms with Gasteiger partial charge in [0.05, 0.1) is 23.4 Å². The SMILES string of the molecule is CC1C(c2ccc(Cl)o2)C(c2ccc(F)cc2F)=NN1c1ccc(F)cc1F. The van der Waals surface area contributed by atoms with Gasteiger partial charge in [-0.3, -0.25) is 5.01 Å². The Morgan fingerprint density at radius 1 is 0.929 bits per heavy atom. The van der Waals surface area contributed by atoms with Crippen LogP contribution in [0, 0.1) is 23.3 Å². The number of rotatable bonds is 3. The van der Waals surface area contributed by atoms with E-state index in [-0.39, 0.29) is 22.2 Å². The minimum atomic E-state index is -0.812. The lowest BCUT2D eigenvalue weighted by atomic mass is 9.89. The maximum atomic E-state index is 14.5. The van der Waals surface area contributed by atoms with Gasteiger partial charge in [0.25, 0.3) is 0 Å². The van der Waals surface area contributed by atoms with Crippen molar-refractivity contribution in [2.45, 2.75) is 18.9 Å². The Morgan fingerprint density at radius 2 is 1.61 bits per heavy atom. The van der Waals surface area contributed by atoms with Crippen LogP contribution in [0.5, 0.6) is 0 Å². The Labute approximate surface area is 162 Å². The average molecular weight is 409 g/mol. The molecule has 0 amide bonds. The van der Waals surface area contributed by atoms with Gasteiger partial charge in [0.15, 0.2) is 11.0 Å². The van der Waals surface area contributed by atoms with Gasteiger partial charge in [0.1, 0.15) is 23.2 Å². The van der Waals surface area contributed by atoms with Crippen LogP contribution in [0.4, 0.5) is 23.2 Å². The molecule has 2 heterocycles. The Hall–Kier alpha value is -2.80. The lowest BCUT2D eigenvalue weighted by Crippen LogP contribution is -2.29. The predicted molar refractivity (Wildman–Crippen MR) is 97.7 cm³/mol. The maximum Gasteiger partial charge on any atom is 0.193 e. The number of furan rings is 1. The molecule has 0 fully saturated rings. The summed E-state index contributed by atoms with van der Waals surface area (Å²) in [5.74, 6) is -3.30. The molecule has 1 aliphatic heterocycles. The van der Waals surface area contributed by atoms with Crippen LogP contribution in [0.2, 0.25) is 5.22 Å². The maximum absolute atomic E-state index is 14.5. The van der Waals surface area contributed by atoms with Crippen LogP contribution in [0.3, 0.4) is 0 Å². The highest BCUT2D eigenvalue weighted by Gasteiger charge is 2.40. The zero-order valence-corrected chi connectivity index (χ0v) is 15.2. The van der Waals surface area contributed by atoms with Crippen LogP contribution in [0.25, 0.3) is 0 Å². The molecule has 0 N–H and O–H groups in total. The summed E-state index contributed by atoms with van der Waals surface area (Å²) in [6, 6.07) is 8.85. The first kappa shape index (κ1) is 18.6. The van der Waals surface area contributed by atoms with Gasteiger partial charge in [0.2, 0.25) is 0 Å². The highest BCUT2D eigenvalue weighted by Crippen LogP contribution is 2.39. The van der Waals surface area contributed by atoms with E-state index in [1.807, 2.05) is 0 Å². The predicted octanol–water partition coefficient (Wildman–Crippen LogP) is 5.89. The number of hydrogen-bond donors (Lipinski definition) is 0. The molecule has 0 aliphatic carbocycles. The molecule has 1 aliphatic rings. The van der Waals surface area contributed by atoms with Gasteiger partial charge in [-0.2, -0.15) is 5.10 Å². The second-order valence-corrected chi connectivity index (χ2v) is 6.78. The fourth-order valence-electron chi connectivity index (χ4n) is 3.37. The lowest BCUT2D eigenvalue weighted by molar-refractivity contribution is 0.476. The van der Waals surface area contributed by atoms with Crippen LogP contribution in [-0.4, -0.2) is 11.8 Å². The molecule has 0 radical (unpaired) electrons. The molecule has 0 saturated carbocycles. The topological polar surface area (TPSA) is 28.7 Å². The molecule has 2 atom stereocenters. The number of hydrazone groups is 1. The largest absolute Gasteiger partial charge is 0.449 e. The molecule has 3 aromatic rings. The summed E-state index contributed by atoms with van der Waals surface area (Å²) in [5.41, 5.74) is 0.296. The molecule has 3 nitrogen and oxygen atoms in total. The van der Waals surface area contributed by atoms with Crippen molar-refractivity contribution in [3.8, 4) is 0 Å². The zero-order chi connectivity index (χ0) is 20.0. The van der Waals surface area contributed by atoms with Gasteiger partial charge in [0, 0.05) is 17.7 Å². The molecule has 2 aromatic carbocycles. The third-order valence-electron chi connectivity index (χ3n) is 4.64. The third-order valence-corrected chi connectivity index (χ3v) is 4.85. The Bertz CT molecular complexity index is 1080. The highest BCUT2D eigenvalue weighted by molar-refractivity contribution is 6.28. The number of halogens is 5. The molecule has 1 aromatic heterocycles. The zero-order valence-electron chi connectivity index (χ0n) is 14.5. The number of benzene rings is 2. The lowest BCUT2D eigenvalue weighted by Gasteiger charge is -2.24. The molecule has 8 heteroatoms. The first-order chi connectivity index (χ1) is 13.3. The second-order valence-electron chi connectivity index (χ2n) is 6.41. The summed E-state index contributed by atoms with van der Waals surface area (Å²) in [6.07, 6.45) is 0. The summed E-state index contributed by atoms with van der Waals surface area (Å²) in [4.78, 5) is 0. The van der Waals surface area contributed by atoms with Gasteiger partial charge in [-0.1, -0.05) is 0 Å². The molecule has 28 heavy (non-hydrogen) atoms. The van der Waals surface area contributed by atoms with Gasteiger partial charge in [-0.05, 0) is 54.9 Å². The molecule has 144 valence electrons. The van der Waals surface area contributed by atoms with Crippen molar-refractivity contribution in [3.63, 3.8) is 0 Å². The van der Waals surface area contributed by atoms with Crippen molar-refractivity contribution in [1.29, 1.82) is 0 Å². The van der Waals surface area contributed by atoms with E-state index in [0.29, 0.717) is 5.76 Å². The quantitative estimate of drug-likeness (QED) is 0.506. The number of anilines is 1. The van der Waals surface area contributed by atoms with Crippen molar-refractivity contribution in [2.24, 2.45) is 5.10 Å². The molecular formula is C20H13ClF4N2O. The van der Waals surface area contributed by atoms with Crippen LogP contribution in [0.1, 0.15) is 24.2 Å². The Balaban J connectivity index is 1.87. The van der Waals surface area contributed by atoms with E-state index in [9.17, 15) is 17.6 Å². The van der Waals surface area contributed by atoms with E-state index in [4.69, 9.17) is 16.0 Å². The normalized spacial score (nSPS) is 19.2. The average Bonchev–Trinajstić information content (AvgIpc) is 3.18. The summed E-state index contributed by atoms with van der Waals surface area (Å²) < 4.78 is 61.0. The van der Waals surface area contributed by atoms with E-state index < -0.39 is 35.2 Å². The first-order valence-corrected chi connectivity index (χ1v) is 8.76. The van der Waals surface area contributed by atoms with Crippen molar-refractivity contribution in [1.82, 2.24) is 0 Å². The molecule has 0 saturated heterocycles. The molecular weight excluding hydrogens is 396 g/mol. The van der Waals surface area contributed by atoms with Crippen LogP contribution >= 0.6 is 11.6 Å². The second kappa shape index (κ2) is 6.98. The van der Waals surface area contributed by atoms with Gasteiger partial charge in [-0.15, -0.1) is 0 Å². The van der Waals surface area contributed by atoms with Crippen molar-refractivity contribution in [3.05, 3.63) is 88.3 Å². The minimum absolute atomic E-state index is 0.0223. The van der Waals surface area contributed by atoms with Gasteiger partial charge in [-0.25, -0.2) is 17.6 Å². The van der Waals surface area contributed by atoms with Crippen molar-refractivity contribution in [2.75, 3.05) is 5.01 Å². The van der Waals surface area contributed by atoms with Crippen LogP contribution in [0.15, 0.2) is 58.0 Å². The van der Waals surface area contributed by atoms with E-state index in [1.54, 1.807) is 13.0 Å². The molecule has 0 bridgehead atoms. The van der Waals surface area contributed by atoms with E-state index in [2.05, 4.69) is 5.10 Å². The van der Waals surface area contributed by atoms with Crippen molar-refractivity contribution >= 4 is 23.0 Å². The molecule has 4 rings (SSSR count). The summed E-state index contributed by atoms with van der Waals surface area (Å²) >= 11 is 5.88. The molecule has 0 spiro atoms. The minimum Gasteiger partial charge on any atom is -0.449 e. The Kier molecular flexibility index (Phi) is 4.63. The van der Waals surface area contributed by atoms with Gasteiger partial charge >= 0.3 is 0 Å². The standard InChI is InChI=1S/C20H13ClF4N2O/c1-10-19(17-6-7-18(21)28-17)20(13-4-2-11(22)8-14(13)24)26-27(10)16-5-3-12(23)9-15(16)25/h2-10,19H,1H3. The number of nitrogens with zero attached hydrogens (tertiary/aromatic N) is 2. The van der Waals surface area contributed by atoms with E-state index in [0.717, 1.165) is 24.3 Å². The fourth-order valence-corrected chi connectivity index (χ4v) is 3.52. The van der Waals surface area contributed by atoms with Crippen molar-refractivity contribution < 1.29 is 22.0 Å². The monoisotopic (exact) mass is 408 g/mol. The highest BCUT2D eigenvalue weighted by atomic mass is 35.5. The Morgan fingerprint density at radius 3 is 2.21 bits per heavy atom. The summed E-state index contributed by atoms with van der Waals surface area (Å²) in [7, 11) is 0. The molecule has 2 unspecified atom stereocenters. The summed E-state index contributed by atoms with van der Waals surface area (Å²) in [6.45, 7) is 1.74. The van der Waals surface area contributed by atoms with Crippen LogP contribution < -0.4 is 5.01 Å².